The second-order valence-corrected chi connectivity index (χ2v) is 7.59. The first-order valence-corrected chi connectivity index (χ1v) is 9.68. The molecule has 0 aliphatic heterocycles. The number of nitrogens with zero attached hydrogens (tertiary/aromatic N) is 1. The predicted octanol–water partition coefficient (Wildman–Crippen LogP) is 6.37. The van der Waals surface area contributed by atoms with Crippen LogP contribution in [0.2, 0.25) is 0 Å². The number of para-hydroxylation sites is 1. The van der Waals surface area contributed by atoms with Crippen LogP contribution in [0.3, 0.4) is 0 Å². The highest BCUT2D eigenvalue weighted by molar-refractivity contribution is 6.14. The largest absolute Gasteiger partial charge is 0.247 e. The first kappa shape index (κ1) is 15.6. The number of aliphatic imine (C=N–C) groups is 1. The summed E-state index contributed by atoms with van der Waals surface area (Å²) < 4.78 is 0. The quantitative estimate of drug-likeness (QED) is 0.480. The predicted molar refractivity (Wildman–Crippen MR) is 108 cm³/mol. The minimum Gasteiger partial charge on any atom is -0.247 e. The molecule has 0 bridgehead atoms. The molecule has 0 radical (unpaired) electrons. The van der Waals surface area contributed by atoms with Gasteiger partial charge in [0.05, 0.1) is 11.4 Å². The van der Waals surface area contributed by atoms with Gasteiger partial charge >= 0.3 is 0 Å². The first-order valence-electron chi connectivity index (χ1n) is 9.68. The number of benzene rings is 3. The van der Waals surface area contributed by atoms with Crippen molar-refractivity contribution >= 4 is 11.4 Å². The van der Waals surface area contributed by atoms with Crippen LogP contribution < -0.4 is 0 Å². The summed E-state index contributed by atoms with van der Waals surface area (Å²) in [5.74, 6) is 2.61. The van der Waals surface area contributed by atoms with E-state index in [0.29, 0.717) is 0 Å². The van der Waals surface area contributed by atoms with E-state index in [1.54, 1.807) is 0 Å². The standard InChI is InChI=1S/C25H23N/c1-3-9-19(10-4-1)25(20-11-5-2-6-12-20)26-24-14-8-7-13-21(24)23-17-22(23)18-15-16-18/h1-14,18,22-23H,15-17H2. The summed E-state index contributed by atoms with van der Waals surface area (Å²) in [5.41, 5.74) is 5.98. The lowest BCUT2D eigenvalue weighted by atomic mass is 10.0. The van der Waals surface area contributed by atoms with E-state index in [-0.39, 0.29) is 0 Å². The summed E-state index contributed by atoms with van der Waals surface area (Å²) in [5, 5.41) is 0. The molecule has 0 amide bonds. The third kappa shape index (κ3) is 3.10. The Balaban J connectivity index is 1.58. The average molecular weight is 337 g/mol. The Morgan fingerprint density at radius 1 is 0.692 bits per heavy atom. The van der Waals surface area contributed by atoms with E-state index >= 15 is 0 Å². The first-order chi connectivity index (χ1) is 12.9. The van der Waals surface area contributed by atoms with E-state index in [2.05, 4.69) is 84.9 Å². The molecule has 1 nitrogen and oxygen atoms in total. The van der Waals surface area contributed by atoms with Gasteiger partial charge in [0.25, 0.3) is 0 Å². The van der Waals surface area contributed by atoms with Crippen molar-refractivity contribution in [2.75, 3.05) is 0 Å². The molecule has 5 rings (SSSR count). The van der Waals surface area contributed by atoms with Gasteiger partial charge in [-0.15, -0.1) is 0 Å². The molecule has 2 saturated carbocycles. The number of hydrogen-bond donors (Lipinski definition) is 0. The van der Waals surface area contributed by atoms with Gasteiger partial charge in [-0.3, -0.25) is 0 Å². The van der Waals surface area contributed by atoms with Gasteiger partial charge in [0.1, 0.15) is 0 Å². The van der Waals surface area contributed by atoms with Crippen LogP contribution in [0.4, 0.5) is 5.69 Å². The summed E-state index contributed by atoms with van der Waals surface area (Å²) in [4.78, 5) is 5.19. The highest BCUT2D eigenvalue weighted by atomic mass is 14.8. The monoisotopic (exact) mass is 337 g/mol. The third-order valence-electron chi connectivity index (χ3n) is 5.73. The van der Waals surface area contributed by atoms with Crippen molar-refractivity contribution in [3.05, 3.63) is 102 Å². The number of hydrogen-bond acceptors (Lipinski definition) is 1. The fourth-order valence-corrected chi connectivity index (χ4v) is 4.13. The Kier molecular flexibility index (Phi) is 3.93. The lowest BCUT2D eigenvalue weighted by Gasteiger charge is -2.10. The Morgan fingerprint density at radius 2 is 1.27 bits per heavy atom. The molecule has 3 aromatic carbocycles. The normalized spacial score (nSPS) is 21.2. The second kappa shape index (κ2) is 6.57. The van der Waals surface area contributed by atoms with E-state index in [1.165, 1.54) is 36.0 Å². The molecule has 3 aromatic rings. The second-order valence-electron chi connectivity index (χ2n) is 7.59. The van der Waals surface area contributed by atoms with E-state index < -0.39 is 0 Å². The zero-order valence-corrected chi connectivity index (χ0v) is 14.9. The van der Waals surface area contributed by atoms with Crippen molar-refractivity contribution in [1.29, 1.82) is 0 Å². The number of rotatable bonds is 5. The summed E-state index contributed by atoms with van der Waals surface area (Å²) in [6.07, 6.45) is 4.22. The molecule has 1 heteroatoms. The molecule has 2 atom stereocenters. The zero-order chi connectivity index (χ0) is 17.3. The molecular formula is C25H23N. The van der Waals surface area contributed by atoms with Gasteiger partial charge in [-0.2, -0.15) is 0 Å². The van der Waals surface area contributed by atoms with Crippen LogP contribution >= 0.6 is 0 Å². The van der Waals surface area contributed by atoms with Crippen LogP contribution in [0.25, 0.3) is 0 Å². The molecule has 2 unspecified atom stereocenters. The van der Waals surface area contributed by atoms with Crippen LogP contribution in [0.1, 0.15) is 41.9 Å². The van der Waals surface area contributed by atoms with Crippen molar-refractivity contribution in [3.8, 4) is 0 Å². The molecule has 26 heavy (non-hydrogen) atoms. The Hall–Kier alpha value is -2.67. The molecular weight excluding hydrogens is 314 g/mol. The van der Waals surface area contributed by atoms with Crippen molar-refractivity contribution in [3.63, 3.8) is 0 Å². The highest BCUT2D eigenvalue weighted by Gasteiger charge is 2.48. The van der Waals surface area contributed by atoms with Gasteiger partial charge in [-0.25, -0.2) is 4.99 Å². The zero-order valence-electron chi connectivity index (χ0n) is 14.9. The maximum Gasteiger partial charge on any atom is 0.0781 e. The lowest BCUT2D eigenvalue weighted by Crippen LogP contribution is -2.03. The van der Waals surface area contributed by atoms with E-state index in [0.717, 1.165) is 29.2 Å². The van der Waals surface area contributed by atoms with E-state index in [9.17, 15) is 0 Å². The molecule has 2 aliphatic carbocycles. The smallest absolute Gasteiger partial charge is 0.0781 e. The highest BCUT2D eigenvalue weighted by Crippen LogP contribution is 2.60. The van der Waals surface area contributed by atoms with E-state index in [4.69, 9.17) is 4.99 Å². The van der Waals surface area contributed by atoms with E-state index in [1.807, 2.05) is 0 Å². The maximum atomic E-state index is 5.19. The van der Waals surface area contributed by atoms with Crippen LogP contribution in [0, 0.1) is 11.8 Å². The molecule has 0 N–H and O–H groups in total. The van der Waals surface area contributed by atoms with Gasteiger partial charge in [0.2, 0.25) is 0 Å². The summed E-state index contributed by atoms with van der Waals surface area (Å²) in [6, 6.07) is 29.8. The minimum absolute atomic E-state index is 0.718. The fraction of sp³-hybridized carbons (Fsp3) is 0.240. The molecule has 2 aliphatic rings. The molecule has 0 heterocycles. The van der Waals surface area contributed by atoms with Crippen LogP contribution in [-0.2, 0) is 0 Å². The van der Waals surface area contributed by atoms with Gasteiger partial charge in [0, 0.05) is 11.1 Å². The summed E-state index contributed by atoms with van der Waals surface area (Å²) in [7, 11) is 0. The SMILES string of the molecule is c1ccc(C(=Nc2ccccc2C2CC2C2CC2)c2ccccc2)cc1. The molecule has 0 spiro atoms. The van der Waals surface area contributed by atoms with Crippen molar-refractivity contribution in [1.82, 2.24) is 0 Å². The molecule has 0 saturated heterocycles. The fourth-order valence-electron chi connectivity index (χ4n) is 4.13. The minimum atomic E-state index is 0.718. The van der Waals surface area contributed by atoms with Gasteiger partial charge in [0.15, 0.2) is 0 Å². The van der Waals surface area contributed by atoms with Crippen molar-refractivity contribution in [2.45, 2.75) is 25.2 Å². The van der Waals surface area contributed by atoms with Gasteiger partial charge in [-0.1, -0.05) is 78.9 Å². The summed E-state index contributed by atoms with van der Waals surface area (Å²) >= 11 is 0. The Bertz CT molecular complexity index is 881. The lowest BCUT2D eigenvalue weighted by molar-refractivity contribution is 0.690. The summed E-state index contributed by atoms with van der Waals surface area (Å²) in [6.45, 7) is 0. The Morgan fingerprint density at radius 3 is 1.88 bits per heavy atom. The molecule has 128 valence electrons. The molecule has 0 aromatic heterocycles. The van der Waals surface area contributed by atoms with Gasteiger partial charge < -0.3 is 0 Å². The Labute approximate surface area is 155 Å². The average Bonchev–Trinajstić information content (AvgIpc) is 3.60. The molecule has 2 fully saturated rings. The van der Waals surface area contributed by atoms with Crippen LogP contribution in [0.5, 0.6) is 0 Å². The van der Waals surface area contributed by atoms with Crippen molar-refractivity contribution < 1.29 is 0 Å². The maximum absolute atomic E-state index is 5.19. The topological polar surface area (TPSA) is 12.4 Å². The third-order valence-corrected chi connectivity index (χ3v) is 5.73. The van der Waals surface area contributed by atoms with Crippen LogP contribution in [0.15, 0.2) is 89.9 Å². The van der Waals surface area contributed by atoms with Gasteiger partial charge in [-0.05, 0) is 48.6 Å². The van der Waals surface area contributed by atoms with Crippen LogP contribution in [-0.4, -0.2) is 5.71 Å². The van der Waals surface area contributed by atoms with Crippen molar-refractivity contribution in [2.24, 2.45) is 16.8 Å².